The number of ether oxygens (including phenoxy) is 4. The van der Waals surface area contributed by atoms with E-state index in [9.17, 15) is 0 Å². The van der Waals surface area contributed by atoms with E-state index >= 15 is 0 Å². The molecule has 6 heteroatoms. The highest BCUT2D eigenvalue weighted by Crippen LogP contribution is 2.41. The van der Waals surface area contributed by atoms with Crippen LogP contribution < -0.4 is 23.5 Å². The molecule has 0 fully saturated rings. The number of methoxy groups -OCH3 is 1. The standard InChI is InChI=1S/C23H23BrNO4/c1-26-20-5-4-15-10-19-17-12-22-21(28-14-29-22)11-16(17)6-8-25(19)13-18(15)23(20)27-9-3-2-7-24/h4-5,10-13H,2-3,6-9,14H2,1H3/q+1. The summed E-state index contributed by atoms with van der Waals surface area (Å²) in [5.74, 6) is 3.27. The van der Waals surface area contributed by atoms with Gasteiger partial charge in [-0.25, -0.2) is 0 Å². The number of hydrogen-bond donors (Lipinski definition) is 0. The molecule has 2 aliphatic rings. The third-order valence-corrected chi connectivity index (χ3v) is 6.13. The number of rotatable bonds is 6. The van der Waals surface area contributed by atoms with Crippen LogP contribution in [0.25, 0.3) is 22.0 Å². The number of pyridine rings is 1. The zero-order chi connectivity index (χ0) is 19.8. The molecule has 5 rings (SSSR count). The van der Waals surface area contributed by atoms with Gasteiger partial charge in [0.05, 0.1) is 24.7 Å². The smallest absolute Gasteiger partial charge is 0.231 e. The van der Waals surface area contributed by atoms with Gasteiger partial charge >= 0.3 is 0 Å². The molecule has 0 radical (unpaired) electrons. The normalized spacial score (nSPS) is 13.9. The van der Waals surface area contributed by atoms with Gasteiger partial charge in [0, 0.05) is 17.8 Å². The lowest BCUT2D eigenvalue weighted by Gasteiger charge is -2.18. The van der Waals surface area contributed by atoms with Crippen molar-refractivity contribution in [2.45, 2.75) is 25.8 Å². The quantitative estimate of drug-likeness (QED) is 0.307. The number of halogens is 1. The Morgan fingerprint density at radius 3 is 2.79 bits per heavy atom. The maximum atomic E-state index is 6.17. The number of fused-ring (bicyclic) bond motifs is 5. The van der Waals surface area contributed by atoms with Crippen LogP contribution >= 0.6 is 15.9 Å². The topological polar surface area (TPSA) is 40.8 Å². The summed E-state index contributed by atoms with van der Waals surface area (Å²) in [6, 6.07) is 10.6. The predicted molar refractivity (Wildman–Crippen MR) is 114 cm³/mol. The van der Waals surface area contributed by atoms with Gasteiger partial charge in [-0.1, -0.05) is 15.9 Å². The van der Waals surface area contributed by atoms with Crippen LogP contribution in [0.2, 0.25) is 0 Å². The first-order valence-corrected chi connectivity index (χ1v) is 11.1. The van der Waals surface area contributed by atoms with E-state index < -0.39 is 0 Å². The molecule has 0 spiro atoms. The van der Waals surface area contributed by atoms with E-state index in [1.807, 2.05) is 6.07 Å². The lowest BCUT2D eigenvalue weighted by molar-refractivity contribution is -0.686. The third kappa shape index (κ3) is 3.29. The van der Waals surface area contributed by atoms with E-state index in [4.69, 9.17) is 18.9 Å². The van der Waals surface area contributed by atoms with Crippen molar-refractivity contribution in [1.82, 2.24) is 0 Å². The Labute approximate surface area is 178 Å². The lowest BCUT2D eigenvalue weighted by atomic mass is 9.95. The molecular weight excluding hydrogens is 434 g/mol. The van der Waals surface area contributed by atoms with Crippen molar-refractivity contribution in [2.24, 2.45) is 0 Å². The van der Waals surface area contributed by atoms with Crippen molar-refractivity contribution in [3.8, 4) is 34.3 Å². The highest BCUT2D eigenvalue weighted by Gasteiger charge is 2.28. The summed E-state index contributed by atoms with van der Waals surface area (Å²) in [6.07, 6.45) is 5.24. The van der Waals surface area contributed by atoms with Crippen LogP contribution in [-0.4, -0.2) is 25.8 Å². The molecule has 0 saturated carbocycles. The van der Waals surface area contributed by atoms with Crippen molar-refractivity contribution in [2.75, 3.05) is 25.8 Å². The molecule has 150 valence electrons. The summed E-state index contributed by atoms with van der Waals surface area (Å²) in [5.41, 5.74) is 3.69. The number of alkyl halides is 1. The third-order valence-electron chi connectivity index (χ3n) is 5.57. The van der Waals surface area contributed by atoms with Crippen molar-refractivity contribution >= 4 is 26.7 Å². The molecule has 3 aromatic rings. The molecule has 5 nitrogen and oxygen atoms in total. The molecule has 0 N–H and O–H groups in total. The monoisotopic (exact) mass is 456 g/mol. The Morgan fingerprint density at radius 2 is 1.97 bits per heavy atom. The van der Waals surface area contributed by atoms with Crippen LogP contribution in [0.1, 0.15) is 18.4 Å². The second-order valence-electron chi connectivity index (χ2n) is 7.31. The van der Waals surface area contributed by atoms with Crippen LogP contribution in [0.3, 0.4) is 0 Å². The molecular formula is C23H23BrNO4+. The van der Waals surface area contributed by atoms with Crippen LogP contribution in [-0.2, 0) is 13.0 Å². The summed E-state index contributed by atoms with van der Waals surface area (Å²) in [7, 11) is 1.69. The molecule has 0 atom stereocenters. The number of nitrogens with zero attached hydrogens (tertiary/aromatic N) is 1. The van der Waals surface area contributed by atoms with E-state index in [2.05, 4.69) is 51.0 Å². The Morgan fingerprint density at radius 1 is 1.10 bits per heavy atom. The van der Waals surface area contributed by atoms with E-state index in [0.29, 0.717) is 13.4 Å². The first-order chi connectivity index (χ1) is 14.3. The van der Waals surface area contributed by atoms with Crippen molar-refractivity contribution in [3.05, 3.63) is 42.1 Å². The SMILES string of the molecule is COc1ccc2cc3[n+](cc2c1OCCCCBr)CCc1cc2c(cc1-3)OCO2. The maximum Gasteiger partial charge on any atom is 0.231 e. The minimum absolute atomic E-state index is 0.297. The fourth-order valence-corrected chi connectivity index (χ4v) is 4.47. The van der Waals surface area contributed by atoms with Crippen molar-refractivity contribution in [3.63, 3.8) is 0 Å². The summed E-state index contributed by atoms with van der Waals surface area (Å²) >= 11 is 3.48. The molecule has 0 amide bonds. The van der Waals surface area contributed by atoms with Crippen LogP contribution in [0.5, 0.6) is 23.0 Å². The second-order valence-corrected chi connectivity index (χ2v) is 8.10. The highest BCUT2D eigenvalue weighted by atomic mass is 79.9. The van der Waals surface area contributed by atoms with E-state index in [-0.39, 0.29) is 0 Å². The van der Waals surface area contributed by atoms with Crippen molar-refractivity contribution < 1.29 is 23.5 Å². The number of aryl methyl sites for hydroxylation is 2. The van der Waals surface area contributed by atoms with Gasteiger partial charge in [-0.2, -0.15) is 4.57 Å². The Kier molecular flexibility index (Phi) is 4.96. The van der Waals surface area contributed by atoms with E-state index in [1.54, 1.807) is 7.11 Å². The van der Waals surface area contributed by atoms with Gasteiger partial charge in [-0.3, -0.25) is 0 Å². The average Bonchev–Trinajstić information content (AvgIpc) is 3.21. The van der Waals surface area contributed by atoms with Gasteiger partial charge in [0.25, 0.3) is 0 Å². The second kappa shape index (κ2) is 7.75. The fraction of sp³-hybridized carbons (Fsp3) is 0.348. The molecule has 29 heavy (non-hydrogen) atoms. The predicted octanol–water partition coefficient (Wildman–Crippen LogP) is 4.64. The zero-order valence-corrected chi connectivity index (χ0v) is 18.0. The maximum absolute atomic E-state index is 6.17. The Balaban J connectivity index is 1.59. The van der Waals surface area contributed by atoms with Crippen LogP contribution in [0.4, 0.5) is 0 Å². The van der Waals surface area contributed by atoms with Gasteiger partial charge in [0.1, 0.15) is 0 Å². The van der Waals surface area contributed by atoms with Gasteiger partial charge in [-0.15, -0.1) is 0 Å². The summed E-state index contributed by atoms with van der Waals surface area (Å²) < 4.78 is 25.2. The molecule has 1 aromatic heterocycles. The van der Waals surface area contributed by atoms with Gasteiger partial charge in [-0.05, 0) is 48.1 Å². The summed E-state index contributed by atoms with van der Waals surface area (Å²) in [6.45, 7) is 1.89. The van der Waals surface area contributed by atoms with Gasteiger partial charge < -0.3 is 18.9 Å². The van der Waals surface area contributed by atoms with Crippen LogP contribution in [0, 0.1) is 0 Å². The number of benzene rings is 2. The first kappa shape index (κ1) is 18.6. The molecule has 2 aromatic carbocycles. The molecule has 0 aliphatic carbocycles. The minimum atomic E-state index is 0.297. The fourth-order valence-electron chi connectivity index (χ4n) is 4.08. The molecule has 0 bridgehead atoms. The number of unbranched alkanes of at least 4 members (excludes halogenated alkanes) is 1. The Bertz CT molecular complexity index is 1080. The molecule has 0 saturated heterocycles. The molecule has 2 aliphatic heterocycles. The van der Waals surface area contributed by atoms with Gasteiger partial charge in [0.15, 0.2) is 35.7 Å². The average molecular weight is 457 g/mol. The minimum Gasteiger partial charge on any atom is -0.493 e. The zero-order valence-electron chi connectivity index (χ0n) is 16.4. The highest BCUT2D eigenvalue weighted by molar-refractivity contribution is 9.09. The van der Waals surface area contributed by atoms with Crippen molar-refractivity contribution in [1.29, 1.82) is 0 Å². The molecule has 3 heterocycles. The van der Waals surface area contributed by atoms with E-state index in [1.165, 1.54) is 16.8 Å². The van der Waals surface area contributed by atoms with Gasteiger partial charge in [0.2, 0.25) is 12.5 Å². The van der Waals surface area contributed by atoms with E-state index in [0.717, 1.165) is 64.9 Å². The number of hydrogen-bond acceptors (Lipinski definition) is 4. The van der Waals surface area contributed by atoms with Crippen LogP contribution in [0.15, 0.2) is 36.5 Å². The lowest BCUT2D eigenvalue weighted by Crippen LogP contribution is -2.40. The largest absolute Gasteiger partial charge is 0.493 e. The Hall–Kier alpha value is -2.47. The molecule has 0 unspecified atom stereocenters. The summed E-state index contributed by atoms with van der Waals surface area (Å²) in [5, 5.41) is 3.21. The number of aromatic nitrogens is 1. The first-order valence-electron chi connectivity index (χ1n) is 9.94. The summed E-state index contributed by atoms with van der Waals surface area (Å²) in [4.78, 5) is 0.